The average molecular weight is 260 g/mol. The smallest absolute Gasteiger partial charge is 0.227 e. The van der Waals surface area contributed by atoms with Crippen molar-refractivity contribution in [1.82, 2.24) is 10.2 Å². The van der Waals surface area contributed by atoms with Crippen molar-refractivity contribution in [2.24, 2.45) is 0 Å². The quantitative estimate of drug-likeness (QED) is 0.898. The Kier molecular flexibility index (Phi) is 4.97. The highest BCUT2D eigenvalue weighted by atomic mass is 16.2. The van der Waals surface area contributed by atoms with Crippen molar-refractivity contribution in [2.45, 2.75) is 39.2 Å². The summed E-state index contributed by atoms with van der Waals surface area (Å²) in [7, 11) is 0. The average Bonchev–Trinajstić information content (AvgIpc) is 2.41. The largest absolute Gasteiger partial charge is 0.340 e. The molecule has 1 heterocycles. The van der Waals surface area contributed by atoms with E-state index in [4.69, 9.17) is 0 Å². The molecule has 1 aliphatic rings. The number of nitrogens with zero attached hydrogens (tertiary/aromatic N) is 1. The summed E-state index contributed by atoms with van der Waals surface area (Å²) in [6.07, 6.45) is 2.81. The van der Waals surface area contributed by atoms with E-state index < -0.39 is 0 Å². The molecule has 0 aliphatic carbocycles. The highest BCUT2D eigenvalue weighted by molar-refractivity contribution is 5.79. The third-order valence-corrected chi connectivity index (χ3v) is 3.64. The second-order valence-corrected chi connectivity index (χ2v) is 5.44. The number of carbonyl (C=O) groups is 1. The third kappa shape index (κ3) is 4.06. The van der Waals surface area contributed by atoms with Crippen LogP contribution in [0.3, 0.4) is 0 Å². The van der Waals surface area contributed by atoms with Crippen molar-refractivity contribution in [3.05, 3.63) is 35.4 Å². The predicted octanol–water partition coefficient (Wildman–Crippen LogP) is 2.00. The van der Waals surface area contributed by atoms with Crippen LogP contribution in [-0.2, 0) is 17.6 Å². The summed E-state index contributed by atoms with van der Waals surface area (Å²) >= 11 is 0. The molecule has 1 N–H and O–H groups in total. The second-order valence-electron chi connectivity index (χ2n) is 5.44. The molecule has 0 radical (unpaired) electrons. The molecule has 1 atom stereocenters. The molecule has 1 amide bonds. The van der Waals surface area contributed by atoms with Crippen molar-refractivity contribution >= 4 is 5.91 Å². The van der Waals surface area contributed by atoms with Crippen LogP contribution in [-0.4, -0.2) is 36.5 Å². The van der Waals surface area contributed by atoms with Crippen LogP contribution in [0.1, 0.15) is 31.4 Å². The first-order chi connectivity index (χ1) is 9.19. The van der Waals surface area contributed by atoms with Crippen molar-refractivity contribution in [3.63, 3.8) is 0 Å². The first kappa shape index (κ1) is 14.1. The number of nitrogens with one attached hydrogen (secondary N) is 1. The fraction of sp³-hybridized carbons (Fsp3) is 0.562. The van der Waals surface area contributed by atoms with Gasteiger partial charge in [0.25, 0.3) is 0 Å². The summed E-state index contributed by atoms with van der Waals surface area (Å²) in [4.78, 5) is 14.2. The van der Waals surface area contributed by atoms with Gasteiger partial charge in [0, 0.05) is 25.7 Å². The van der Waals surface area contributed by atoms with E-state index in [9.17, 15) is 4.79 Å². The number of hydrogen-bond donors (Lipinski definition) is 1. The maximum absolute atomic E-state index is 12.2. The maximum Gasteiger partial charge on any atom is 0.227 e. The van der Waals surface area contributed by atoms with Crippen molar-refractivity contribution in [3.8, 4) is 0 Å². The van der Waals surface area contributed by atoms with Crippen molar-refractivity contribution in [1.29, 1.82) is 0 Å². The lowest BCUT2D eigenvalue weighted by molar-refractivity contribution is -0.131. The van der Waals surface area contributed by atoms with E-state index >= 15 is 0 Å². The van der Waals surface area contributed by atoms with Crippen molar-refractivity contribution in [2.75, 3.05) is 19.6 Å². The molecule has 3 heteroatoms. The monoisotopic (exact) mass is 260 g/mol. The van der Waals surface area contributed by atoms with Crippen LogP contribution in [0.15, 0.2) is 24.3 Å². The lowest BCUT2D eigenvalue weighted by Crippen LogP contribution is -2.51. The molecule has 1 aromatic carbocycles. The Hall–Kier alpha value is -1.35. The zero-order chi connectivity index (χ0) is 13.7. The zero-order valence-corrected chi connectivity index (χ0v) is 12.0. The van der Waals surface area contributed by atoms with Crippen LogP contribution in [0.25, 0.3) is 0 Å². The Labute approximate surface area is 116 Å². The highest BCUT2D eigenvalue weighted by Gasteiger charge is 2.20. The van der Waals surface area contributed by atoms with Crippen LogP contribution in [0, 0.1) is 0 Å². The number of benzene rings is 1. The van der Waals surface area contributed by atoms with Gasteiger partial charge in [0.2, 0.25) is 5.91 Å². The van der Waals surface area contributed by atoms with Gasteiger partial charge in [-0.25, -0.2) is 0 Å². The standard InChI is InChI=1S/C16H24N2O/c1-3-4-14-5-7-15(8-6-14)11-16(19)18-10-9-17-13(2)12-18/h5-8,13,17H,3-4,9-12H2,1-2H3. The molecule has 1 aliphatic heterocycles. The number of amides is 1. The molecule has 104 valence electrons. The van der Waals surface area contributed by atoms with Gasteiger partial charge in [0.15, 0.2) is 0 Å². The molecule has 0 bridgehead atoms. The van der Waals surface area contributed by atoms with Gasteiger partial charge in [-0.05, 0) is 24.5 Å². The molecular weight excluding hydrogens is 236 g/mol. The Morgan fingerprint density at radius 1 is 1.32 bits per heavy atom. The maximum atomic E-state index is 12.2. The SMILES string of the molecule is CCCc1ccc(CC(=O)N2CCNC(C)C2)cc1. The first-order valence-corrected chi connectivity index (χ1v) is 7.28. The first-order valence-electron chi connectivity index (χ1n) is 7.28. The van der Waals surface area contributed by atoms with E-state index in [1.807, 2.05) is 4.90 Å². The number of carbonyl (C=O) groups excluding carboxylic acids is 1. The van der Waals surface area contributed by atoms with Gasteiger partial charge in [-0.1, -0.05) is 37.6 Å². The van der Waals surface area contributed by atoms with E-state index in [0.717, 1.165) is 38.0 Å². The topological polar surface area (TPSA) is 32.3 Å². The normalized spacial score (nSPS) is 19.5. The molecule has 2 rings (SSSR count). The lowest BCUT2D eigenvalue weighted by Gasteiger charge is -2.32. The molecule has 0 saturated carbocycles. The molecule has 19 heavy (non-hydrogen) atoms. The molecule has 1 saturated heterocycles. The summed E-state index contributed by atoms with van der Waals surface area (Å²) in [6, 6.07) is 8.88. The summed E-state index contributed by atoms with van der Waals surface area (Å²) in [5.74, 6) is 0.247. The summed E-state index contributed by atoms with van der Waals surface area (Å²) < 4.78 is 0. The molecule has 1 unspecified atom stereocenters. The second kappa shape index (κ2) is 6.71. The van der Waals surface area contributed by atoms with E-state index in [1.54, 1.807) is 0 Å². The number of aryl methyl sites for hydroxylation is 1. The lowest BCUT2D eigenvalue weighted by atomic mass is 10.1. The summed E-state index contributed by atoms with van der Waals surface area (Å²) in [5, 5.41) is 3.36. The fourth-order valence-corrected chi connectivity index (χ4v) is 2.56. The minimum absolute atomic E-state index is 0.247. The van der Waals surface area contributed by atoms with Gasteiger partial charge in [-0.3, -0.25) is 4.79 Å². The molecule has 0 spiro atoms. The summed E-state index contributed by atoms with van der Waals surface area (Å²) in [5.41, 5.74) is 2.48. The molecular formula is C16H24N2O. The van der Waals surface area contributed by atoms with Crippen LogP contribution >= 0.6 is 0 Å². The Morgan fingerprint density at radius 3 is 2.63 bits per heavy atom. The van der Waals surface area contributed by atoms with Gasteiger partial charge >= 0.3 is 0 Å². The van der Waals surface area contributed by atoms with Gasteiger partial charge in [0.05, 0.1) is 6.42 Å². The number of piperazine rings is 1. The molecule has 3 nitrogen and oxygen atoms in total. The highest BCUT2D eigenvalue weighted by Crippen LogP contribution is 2.09. The third-order valence-electron chi connectivity index (χ3n) is 3.64. The van der Waals surface area contributed by atoms with Crippen LogP contribution < -0.4 is 5.32 Å². The van der Waals surface area contributed by atoms with Gasteiger partial charge in [-0.15, -0.1) is 0 Å². The number of hydrogen-bond acceptors (Lipinski definition) is 2. The van der Waals surface area contributed by atoms with Gasteiger partial charge in [0.1, 0.15) is 0 Å². The molecule has 1 aromatic rings. The molecule has 1 fully saturated rings. The van der Waals surface area contributed by atoms with Crippen molar-refractivity contribution < 1.29 is 4.79 Å². The van der Waals surface area contributed by atoms with E-state index in [1.165, 1.54) is 5.56 Å². The fourth-order valence-electron chi connectivity index (χ4n) is 2.56. The Morgan fingerprint density at radius 2 is 2.00 bits per heavy atom. The van der Waals surface area contributed by atoms with Crippen LogP contribution in [0.4, 0.5) is 0 Å². The Bertz CT molecular complexity index is 413. The molecule has 0 aromatic heterocycles. The minimum atomic E-state index is 0.247. The van der Waals surface area contributed by atoms with Crippen LogP contribution in [0.5, 0.6) is 0 Å². The number of rotatable bonds is 4. The van der Waals surface area contributed by atoms with E-state index in [0.29, 0.717) is 12.5 Å². The Balaban J connectivity index is 1.90. The van der Waals surface area contributed by atoms with E-state index in [-0.39, 0.29) is 5.91 Å². The van der Waals surface area contributed by atoms with Crippen LogP contribution in [0.2, 0.25) is 0 Å². The minimum Gasteiger partial charge on any atom is -0.340 e. The van der Waals surface area contributed by atoms with E-state index in [2.05, 4.69) is 43.4 Å². The predicted molar refractivity (Wildman–Crippen MR) is 78.2 cm³/mol. The zero-order valence-electron chi connectivity index (χ0n) is 12.0. The van der Waals surface area contributed by atoms with Gasteiger partial charge in [-0.2, -0.15) is 0 Å². The summed E-state index contributed by atoms with van der Waals surface area (Å²) in [6.45, 7) is 6.87. The van der Waals surface area contributed by atoms with Gasteiger partial charge < -0.3 is 10.2 Å².